The van der Waals surface area contributed by atoms with Crippen molar-refractivity contribution in [1.82, 2.24) is 0 Å². The summed E-state index contributed by atoms with van der Waals surface area (Å²) in [5.41, 5.74) is 0. The van der Waals surface area contributed by atoms with Crippen LogP contribution in [-0.4, -0.2) is 20.2 Å². The van der Waals surface area contributed by atoms with Crippen LogP contribution in [0.5, 0.6) is 17.2 Å². The summed E-state index contributed by atoms with van der Waals surface area (Å²) >= 11 is 0. The number of methoxy groups -OCH3 is 2. The Hall–Kier alpha value is -2.23. The molecule has 2 rings (SSSR count). The quantitative estimate of drug-likeness (QED) is 0.617. The lowest BCUT2D eigenvalue weighted by Gasteiger charge is -2.11. The van der Waals surface area contributed by atoms with E-state index in [-0.39, 0.29) is 5.97 Å². The first kappa shape index (κ1) is 12.2. The van der Waals surface area contributed by atoms with Crippen molar-refractivity contribution < 1.29 is 19.0 Å². The Morgan fingerprint density at radius 2 is 1.72 bits per heavy atom. The molecule has 0 N–H and O–H groups in total. The van der Waals surface area contributed by atoms with E-state index in [1.54, 1.807) is 26.4 Å². The number of hydrogen-bond acceptors (Lipinski definition) is 4. The summed E-state index contributed by atoms with van der Waals surface area (Å²) in [6.07, 6.45) is 0. The predicted molar refractivity (Wildman–Crippen MR) is 68.4 cm³/mol. The SMILES string of the molecule is COc1cc(OC(C)=O)cc2c(OC)cccc12. The highest BCUT2D eigenvalue weighted by Crippen LogP contribution is 2.36. The summed E-state index contributed by atoms with van der Waals surface area (Å²) in [7, 11) is 3.17. The normalized spacial score (nSPS) is 10.2. The molecule has 2 aromatic rings. The van der Waals surface area contributed by atoms with E-state index >= 15 is 0 Å². The first-order valence-corrected chi connectivity index (χ1v) is 5.49. The van der Waals surface area contributed by atoms with Gasteiger partial charge in [0.15, 0.2) is 0 Å². The van der Waals surface area contributed by atoms with Gasteiger partial charge in [-0.1, -0.05) is 12.1 Å². The molecule has 0 aliphatic rings. The van der Waals surface area contributed by atoms with Crippen molar-refractivity contribution in [3.05, 3.63) is 30.3 Å². The molecule has 2 aromatic carbocycles. The molecule has 0 saturated carbocycles. The molecule has 0 unspecified atom stereocenters. The number of carbonyl (C=O) groups excluding carboxylic acids is 1. The molecule has 0 aromatic heterocycles. The third kappa shape index (κ3) is 2.22. The first-order chi connectivity index (χ1) is 8.65. The maximum atomic E-state index is 11.0. The Balaban J connectivity index is 2.67. The molecule has 4 heteroatoms. The molecule has 0 saturated heterocycles. The van der Waals surface area contributed by atoms with Crippen LogP contribution >= 0.6 is 0 Å². The van der Waals surface area contributed by atoms with Gasteiger partial charge in [0.25, 0.3) is 0 Å². The van der Waals surface area contributed by atoms with Gasteiger partial charge in [0, 0.05) is 23.8 Å². The molecule has 94 valence electrons. The average molecular weight is 246 g/mol. The molecule has 0 heterocycles. The molecule has 0 aliphatic carbocycles. The molecule has 0 amide bonds. The Kier molecular flexibility index (Phi) is 3.37. The number of hydrogen-bond donors (Lipinski definition) is 0. The maximum absolute atomic E-state index is 11.0. The van der Waals surface area contributed by atoms with Gasteiger partial charge >= 0.3 is 5.97 Å². The highest BCUT2D eigenvalue weighted by atomic mass is 16.5. The predicted octanol–water partition coefficient (Wildman–Crippen LogP) is 2.78. The Labute approximate surface area is 105 Å². The molecule has 0 atom stereocenters. The van der Waals surface area contributed by atoms with Crippen molar-refractivity contribution in [2.45, 2.75) is 6.92 Å². The summed E-state index contributed by atoms with van der Waals surface area (Å²) in [5, 5.41) is 1.75. The van der Waals surface area contributed by atoms with Gasteiger partial charge in [-0.2, -0.15) is 0 Å². The lowest BCUT2D eigenvalue weighted by Crippen LogP contribution is -2.01. The van der Waals surface area contributed by atoms with Gasteiger partial charge in [-0.3, -0.25) is 4.79 Å². The molecule has 0 spiro atoms. The van der Waals surface area contributed by atoms with E-state index in [2.05, 4.69) is 0 Å². The molecule has 0 aliphatic heterocycles. The van der Waals surface area contributed by atoms with Crippen LogP contribution in [0.3, 0.4) is 0 Å². The highest BCUT2D eigenvalue weighted by Gasteiger charge is 2.10. The summed E-state index contributed by atoms with van der Waals surface area (Å²) in [6, 6.07) is 9.10. The first-order valence-electron chi connectivity index (χ1n) is 5.49. The average Bonchev–Trinajstić information content (AvgIpc) is 2.36. The third-order valence-electron chi connectivity index (χ3n) is 2.59. The van der Waals surface area contributed by atoms with E-state index < -0.39 is 0 Å². The number of rotatable bonds is 3. The van der Waals surface area contributed by atoms with Gasteiger partial charge in [-0.15, -0.1) is 0 Å². The number of carbonyl (C=O) groups is 1. The minimum absolute atomic E-state index is 0.369. The van der Waals surface area contributed by atoms with Gasteiger partial charge in [0.1, 0.15) is 17.2 Å². The van der Waals surface area contributed by atoms with Crippen molar-refractivity contribution in [3.63, 3.8) is 0 Å². The second kappa shape index (κ2) is 4.96. The molecular formula is C14H14O4. The second-order valence-corrected chi connectivity index (χ2v) is 3.77. The van der Waals surface area contributed by atoms with Crippen LogP contribution in [-0.2, 0) is 4.79 Å². The molecule has 0 radical (unpaired) electrons. The number of ether oxygens (including phenoxy) is 3. The van der Waals surface area contributed by atoms with Gasteiger partial charge in [0.2, 0.25) is 0 Å². The molecule has 0 fully saturated rings. The zero-order chi connectivity index (χ0) is 13.1. The monoisotopic (exact) mass is 246 g/mol. The van der Waals surface area contributed by atoms with E-state index in [0.717, 1.165) is 10.8 Å². The number of esters is 1. The zero-order valence-electron chi connectivity index (χ0n) is 10.5. The highest BCUT2D eigenvalue weighted by molar-refractivity contribution is 5.94. The van der Waals surface area contributed by atoms with Crippen LogP contribution in [0.2, 0.25) is 0 Å². The van der Waals surface area contributed by atoms with Crippen LogP contribution in [0.1, 0.15) is 6.92 Å². The van der Waals surface area contributed by atoms with E-state index in [1.165, 1.54) is 6.92 Å². The third-order valence-corrected chi connectivity index (χ3v) is 2.59. The van der Waals surface area contributed by atoms with Crippen molar-refractivity contribution >= 4 is 16.7 Å². The largest absolute Gasteiger partial charge is 0.496 e. The van der Waals surface area contributed by atoms with E-state index in [9.17, 15) is 4.79 Å². The Bertz CT molecular complexity index is 590. The van der Waals surface area contributed by atoms with Crippen molar-refractivity contribution in [3.8, 4) is 17.2 Å². The number of fused-ring (bicyclic) bond motifs is 1. The Morgan fingerprint density at radius 3 is 2.33 bits per heavy atom. The standard InChI is InChI=1S/C14H14O4/c1-9(15)18-10-7-12-11(14(8-10)17-3)5-4-6-13(12)16-2/h4-8H,1-3H3. The van der Waals surface area contributed by atoms with Crippen LogP contribution in [0.4, 0.5) is 0 Å². The summed E-state index contributed by atoms with van der Waals surface area (Å²) in [6.45, 7) is 1.36. The fourth-order valence-electron chi connectivity index (χ4n) is 1.87. The van der Waals surface area contributed by atoms with Crippen LogP contribution in [0, 0.1) is 0 Å². The smallest absolute Gasteiger partial charge is 0.308 e. The molecule has 4 nitrogen and oxygen atoms in total. The second-order valence-electron chi connectivity index (χ2n) is 3.77. The van der Waals surface area contributed by atoms with E-state index in [0.29, 0.717) is 17.2 Å². The summed E-state index contributed by atoms with van der Waals surface area (Å²) < 4.78 is 15.7. The van der Waals surface area contributed by atoms with Crippen molar-refractivity contribution in [1.29, 1.82) is 0 Å². The lowest BCUT2D eigenvalue weighted by molar-refractivity contribution is -0.131. The lowest BCUT2D eigenvalue weighted by atomic mass is 10.1. The van der Waals surface area contributed by atoms with Crippen LogP contribution < -0.4 is 14.2 Å². The van der Waals surface area contributed by atoms with Crippen LogP contribution in [0.25, 0.3) is 10.8 Å². The van der Waals surface area contributed by atoms with E-state index in [1.807, 2.05) is 18.2 Å². The van der Waals surface area contributed by atoms with Gasteiger partial charge in [0.05, 0.1) is 14.2 Å². The van der Waals surface area contributed by atoms with Crippen LogP contribution in [0.15, 0.2) is 30.3 Å². The minimum atomic E-state index is -0.369. The zero-order valence-corrected chi connectivity index (χ0v) is 10.5. The van der Waals surface area contributed by atoms with Crippen molar-refractivity contribution in [2.24, 2.45) is 0 Å². The molecule has 0 bridgehead atoms. The maximum Gasteiger partial charge on any atom is 0.308 e. The fraction of sp³-hybridized carbons (Fsp3) is 0.214. The number of benzene rings is 2. The van der Waals surface area contributed by atoms with Gasteiger partial charge in [-0.05, 0) is 12.1 Å². The van der Waals surface area contributed by atoms with Gasteiger partial charge < -0.3 is 14.2 Å². The summed E-state index contributed by atoms with van der Waals surface area (Å²) in [5.74, 6) is 1.42. The topological polar surface area (TPSA) is 44.8 Å². The fourth-order valence-corrected chi connectivity index (χ4v) is 1.87. The van der Waals surface area contributed by atoms with E-state index in [4.69, 9.17) is 14.2 Å². The Morgan fingerprint density at radius 1 is 1.00 bits per heavy atom. The summed E-state index contributed by atoms with van der Waals surface area (Å²) in [4.78, 5) is 11.0. The van der Waals surface area contributed by atoms with Crippen molar-refractivity contribution in [2.75, 3.05) is 14.2 Å². The molecular weight excluding hydrogens is 232 g/mol. The molecule has 18 heavy (non-hydrogen) atoms. The van der Waals surface area contributed by atoms with Gasteiger partial charge in [-0.25, -0.2) is 0 Å². The minimum Gasteiger partial charge on any atom is -0.496 e.